The summed E-state index contributed by atoms with van der Waals surface area (Å²) >= 11 is 0. The smallest absolute Gasteiger partial charge is 0.244 e. The van der Waals surface area contributed by atoms with Crippen LogP contribution in [0.15, 0.2) is 77.9 Å². The maximum Gasteiger partial charge on any atom is 0.244 e. The molecule has 1 amide bonds. The van der Waals surface area contributed by atoms with Crippen molar-refractivity contribution in [3.63, 3.8) is 0 Å². The van der Waals surface area contributed by atoms with Crippen LogP contribution in [0, 0.1) is 19.8 Å². The molecule has 0 unspecified atom stereocenters. The van der Waals surface area contributed by atoms with E-state index >= 15 is 0 Å². The van der Waals surface area contributed by atoms with Gasteiger partial charge in [0.2, 0.25) is 5.91 Å². The highest BCUT2D eigenvalue weighted by atomic mass is 16.5. The zero-order valence-corrected chi connectivity index (χ0v) is 19.7. The highest BCUT2D eigenvalue weighted by Crippen LogP contribution is 2.59. The Balaban J connectivity index is 1.45. The first-order valence-electron chi connectivity index (χ1n) is 11.7. The minimum absolute atomic E-state index is 0.0474. The zero-order valence-electron chi connectivity index (χ0n) is 19.7. The lowest BCUT2D eigenvalue weighted by molar-refractivity contribution is -0.122. The molecule has 1 aliphatic rings. The molecule has 4 heteroatoms. The van der Waals surface area contributed by atoms with Gasteiger partial charge in [0, 0.05) is 5.41 Å². The highest BCUT2D eigenvalue weighted by molar-refractivity contribution is 5.87. The quantitative estimate of drug-likeness (QED) is 0.254. The van der Waals surface area contributed by atoms with Crippen LogP contribution in [0.4, 0.5) is 0 Å². The minimum Gasteiger partial charge on any atom is -0.494 e. The van der Waals surface area contributed by atoms with E-state index in [1.165, 1.54) is 22.3 Å². The predicted molar refractivity (Wildman–Crippen MR) is 134 cm³/mol. The number of hydrogen-bond donors (Lipinski definition) is 1. The summed E-state index contributed by atoms with van der Waals surface area (Å²) in [6.07, 6.45) is 4.62. The van der Waals surface area contributed by atoms with Crippen molar-refractivity contribution in [3.05, 3.63) is 101 Å². The Morgan fingerprint density at radius 1 is 1.03 bits per heavy atom. The molecule has 1 N–H and O–H groups in total. The fourth-order valence-electron chi connectivity index (χ4n) is 4.46. The number of hydrogen-bond acceptors (Lipinski definition) is 3. The molecule has 0 bridgehead atoms. The molecule has 0 heterocycles. The summed E-state index contributed by atoms with van der Waals surface area (Å²) in [5.74, 6) is 0.657. The molecule has 3 aromatic carbocycles. The van der Waals surface area contributed by atoms with E-state index in [1.807, 2.05) is 24.3 Å². The van der Waals surface area contributed by atoms with Gasteiger partial charge < -0.3 is 4.74 Å². The van der Waals surface area contributed by atoms with Crippen LogP contribution in [0.1, 0.15) is 54.0 Å². The van der Waals surface area contributed by atoms with E-state index in [0.29, 0.717) is 0 Å². The molecule has 0 aromatic heterocycles. The van der Waals surface area contributed by atoms with Gasteiger partial charge in [-0.3, -0.25) is 4.79 Å². The van der Waals surface area contributed by atoms with E-state index in [4.69, 9.17) is 4.74 Å². The molecular formula is C29H32N2O2. The van der Waals surface area contributed by atoms with Crippen LogP contribution in [0.3, 0.4) is 0 Å². The minimum atomic E-state index is -0.297. The summed E-state index contributed by atoms with van der Waals surface area (Å²) in [6.45, 7) is 7.06. The Morgan fingerprint density at radius 3 is 2.24 bits per heavy atom. The number of carbonyl (C=O) groups is 1. The van der Waals surface area contributed by atoms with Crippen LogP contribution < -0.4 is 10.2 Å². The first kappa shape index (κ1) is 22.8. The van der Waals surface area contributed by atoms with Gasteiger partial charge in [0.25, 0.3) is 0 Å². The third-order valence-electron chi connectivity index (χ3n) is 6.38. The van der Waals surface area contributed by atoms with Gasteiger partial charge in [0.05, 0.1) is 18.7 Å². The molecule has 33 heavy (non-hydrogen) atoms. The number of nitrogens with zero attached hydrogens (tertiary/aromatic N) is 1. The van der Waals surface area contributed by atoms with Gasteiger partial charge in [-0.05, 0) is 67.6 Å². The summed E-state index contributed by atoms with van der Waals surface area (Å²) in [5, 5.41) is 4.23. The van der Waals surface area contributed by atoms with E-state index in [-0.39, 0.29) is 17.2 Å². The molecule has 4 nitrogen and oxygen atoms in total. The molecule has 0 spiro atoms. The maximum atomic E-state index is 13.1. The van der Waals surface area contributed by atoms with E-state index in [1.54, 1.807) is 6.21 Å². The molecule has 0 radical (unpaired) electrons. The van der Waals surface area contributed by atoms with Crippen LogP contribution in [0.5, 0.6) is 5.75 Å². The Morgan fingerprint density at radius 2 is 1.67 bits per heavy atom. The number of hydrazone groups is 1. The molecule has 1 aliphatic carbocycles. The topological polar surface area (TPSA) is 50.7 Å². The second kappa shape index (κ2) is 10.0. The second-order valence-electron chi connectivity index (χ2n) is 8.97. The molecule has 0 saturated heterocycles. The van der Waals surface area contributed by atoms with Gasteiger partial charge in [-0.2, -0.15) is 5.10 Å². The van der Waals surface area contributed by atoms with Crippen LogP contribution in [0.2, 0.25) is 0 Å². The van der Waals surface area contributed by atoms with E-state index in [0.717, 1.165) is 37.2 Å². The van der Waals surface area contributed by atoms with Crippen molar-refractivity contribution < 1.29 is 9.53 Å². The Bertz CT molecular complexity index is 1090. The van der Waals surface area contributed by atoms with Crippen molar-refractivity contribution in [3.8, 4) is 5.75 Å². The van der Waals surface area contributed by atoms with Crippen molar-refractivity contribution in [2.45, 2.75) is 45.4 Å². The molecule has 4 rings (SSSR count). The zero-order chi connectivity index (χ0) is 23.3. The third kappa shape index (κ3) is 5.16. The average Bonchev–Trinajstić information content (AvgIpc) is 3.58. The van der Waals surface area contributed by atoms with Crippen molar-refractivity contribution in [2.75, 3.05) is 6.61 Å². The fraction of sp³-hybridized carbons (Fsp3) is 0.310. The highest BCUT2D eigenvalue weighted by Gasteiger charge is 2.60. The van der Waals surface area contributed by atoms with Crippen molar-refractivity contribution in [2.24, 2.45) is 11.0 Å². The number of unbranched alkanes of at least 4 members (excludes halogenated alkanes) is 1. The average molecular weight is 441 g/mol. The molecule has 170 valence electrons. The van der Waals surface area contributed by atoms with Crippen LogP contribution in [0.25, 0.3) is 0 Å². The Hall–Kier alpha value is -3.40. The number of nitrogens with one attached hydrogen (secondary N) is 1. The van der Waals surface area contributed by atoms with Gasteiger partial charge in [-0.25, -0.2) is 5.43 Å². The lowest BCUT2D eigenvalue weighted by Gasteiger charge is -2.19. The summed E-state index contributed by atoms with van der Waals surface area (Å²) in [5.41, 5.74) is 8.17. The van der Waals surface area contributed by atoms with Crippen molar-refractivity contribution >= 4 is 12.1 Å². The Labute approximate surface area is 196 Å². The molecule has 3 aromatic rings. The third-order valence-corrected chi connectivity index (χ3v) is 6.38. The molecular weight excluding hydrogens is 408 g/mol. The molecule has 0 aliphatic heterocycles. The number of ether oxygens (including phenoxy) is 1. The first-order chi connectivity index (χ1) is 16.0. The summed E-state index contributed by atoms with van der Waals surface area (Å²) in [4.78, 5) is 13.1. The van der Waals surface area contributed by atoms with Gasteiger partial charge in [0.15, 0.2) is 0 Å². The number of benzene rings is 3. The van der Waals surface area contributed by atoms with Crippen LogP contribution >= 0.6 is 0 Å². The maximum absolute atomic E-state index is 13.1. The number of carbonyl (C=O) groups excluding carboxylic acids is 1. The second-order valence-corrected chi connectivity index (χ2v) is 8.97. The lowest BCUT2D eigenvalue weighted by Crippen LogP contribution is -2.25. The predicted octanol–water partition coefficient (Wildman–Crippen LogP) is 5.94. The van der Waals surface area contributed by atoms with Gasteiger partial charge in [0.1, 0.15) is 5.75 Å². The largest absolute Gasteiger partial charge is 0.494 e. The monoisotopic (exact) mass is 440 g/mol. The fourth-order valence-corrected chi connectivity index (χ4v) is 4.46. The van der Waals surface area contributed by atoms with E-state index in [9.17, 15) is 4.79 Å². The molecule has 1 atom stereocenters. The summed E-state index contributed by atoms with van der Waals surface area (Å²) in [7, 11) is 0. The summed E-state index contributed by atoms with van der Waals surface area (Å²) in [6, 6.07) is 24.7. The van der Waals surface area contributed by atoms with Crippen molar-refractivity contribution in [1.82, 2.24) is 5.43 Å². The molecule has 1 saturated carbocycles. The lowest BCUT2D eigenvalue weighted by atomic mass is 9.84. The standard InChI is InChI=1S/C29H32N2O2/c1-4-5-16-33-26-14-12-23(13-15-26)20-30-31-28(32)27-19-29(27,24-10-6-8-21(2)17-24)25-11-7-9-22(3)18-25/h6-15,17-18,20,27H,4-5,16,19H2,1-3H3,(H,31,32)/b30-20-/t27-/m0/s1. The van der Waals surface area contributed by atoms with Gasteiger partial charge in [-0.1, -0.05) is 73.0 Å². The van der Waals surface area contributed by atoms with Gasteiger partial charge >= 0.3 is 0 Å². The summed E-state index contributed by atoms with van der Waals surface area (Å²) < 4.78 is 5.69. The van der Waals surface area contributed by atoms with Crippen LogP contribution in [-0.4, -0.2) is 18.7 Å². The van der Waals surface area contributed by atoms with E-state index < -0.39 is 0 Å². The number of amides is 1. The number of aryl methyl sites for hydroxylation is 2. The molecule has 1 fully saturated rings. The van der Waals surface area contributed by atoms with E-state index in [2.05, 4.69) is 79.8 Å². The SMILES string of the molecule is CCCCOc1ccc(/C=N\NC(=O)[C@@H]2CC2(c2cccc(C)c2)c2cccc(C)c2)cc1. The van der Waals surface area contributed by atoms with Crippen molar-refractivity contribution in [1.29, 1.82) is 0 Å². The van der Waals surface area contributed by atoms with Crippen LogP contribution in [-0.2, 0) is 10.2 Å². The first-order valence-corrected chi connectivity index (χ1v) is 11.7. The Kier molecular flexibility index (Phi) is 6.93. The number of rotatable bonds is 9. The van der Waals surface area contributed by atoms with Gasteiger partial charge in [-0.15, -0.1) is 0 Å². The normalized spacial score (nSPS) is 16.5.